The summed E-state index contributed by atoms with van der Waals surface area (Å²) in [5.74, 6) is 1.77. The Balaban J connectivity index is 1.74. The van der Waals surface area contributed by atoms with E-state index in [0.29, 0.717) is 11.1 Å². The van der Waals surface area contributed by atoms with Crippen LogP contribution in [-0.2, 0) is 0 Å². The second-order valence-electron chi connectivity index (χ2n) is 4.83. The van der Waals surface area contributed by atoms with E-state index < -0.39 is 0 Å². The molecule has 1 atom stereocenters. The number of rotatable bonds is 3. The van der Waals surface area contributed by atoms with Crippen LogP contribution in [0.4, 0.5) is 0 Å². The van der Waals surface area contributed by atoms with Crippen LogP contribution in [0.25, 0.3) is 11.0 Å². The first-order valence-corrected chi connectivity index (χ1v) is 7.95. The van der Waals surface area contributed by atoms with Gasteiger partial charge in [-0.05, 0) is 44.0 Å². The van der Waals surface area contributed by atoms with Crippen molar-refractivity contribution in [3.8, 4) is 0 Å². The largest absolute Gasteiger partial charge is 0.316 e. The van der Waals surface area contributed by atoms with Crippen molar-refractivity contribution in [2.75, 3.05) is 18.8 Å². The highest BCUT2D eigenvalue weighted by Crippen LogP contribution is 2.28. The molecule has 1 aromatic heterocycles. The summed E-state index contributed by atoms with van der Waals surface area (Å²) in [6, 6.07) is 7.84. The van der Waals surface area contributed by atoms with Gasteiger partial charge in [0.05, 0.1) is 11.0 Å². The lowest BCUT2D eigenvalue weighted by molar-refractivity contribution is 0.410. The maximum Gasteiger partial charge on any atom is 0.161 e. The summed E-state index contributed by atoms with van der Waals surface area (Å²) in [5, 5.41) is 4.81. The number of fused-ring (bicyclic) bond motifs is 1. The molecule has 3 nitrogen and oxygen atoms in total. The normalized spacial score (nSPS) is 19.7. The van der Waals surface area contributed by atoms with Crippen LogP contribution in [0.1, 0.15) is 12.8 Å². The zero-order chi connectivity index (χ0) is 13.1. The monoisotopic (exact) mass is 293 g/mol. The van der Waals surface area contributed by atoms with E-state index in [4.69, 9.17) is 11.6 Å². The van der Waals surface area contributed by atoms with E-state index in [2.05, 4.69) is 15.3 Å². The van der Waals surface area contributed by atoms with E-state index in [1.165, 1.54) is 12.8 Å². The average molecular weight is 294 g/mol. The topological polar surface area (TPSA) is 37.8 Å². The van der Waals surface area contributed by atoms with Crippen molar-refractivity contribution >= 4 is 34.4 Å². The number of halogens is 1. The lowest BCUT2D eigenvalue weighted by Gasteiger charge is -2.22. The van der Waals surface area contributed by atoms with Crippen molar-refractivity contribution in [1.82, 2.24) is 15.3 Å². The molecule has 19 heavy (non-hydrogen) atoms. The fourth-order valence-corrected chi connectivity index (χ4v) is 3.62. The molecule has 0 saturated carbocycles. The zero-order valence-corrected chi connectivity index (χ0v) is 12.2. The van der Waals surface area contributed by atoms with Crippen LogP contribution >= 0.6 is 23.4 Å². The molecule has 100 valence electrons. The van der Waals surface area contributed by atoms with E-state index >= 15 is 0 Å². The molecule has 0 aliphatic carbocycles. The number of piperidine rings is 1. The van der Waals surface area contributed by atoms with Gasteiger partial charge in [0.15, 0.2) is 5.15 Å². The highest BCUT2D eigenvalue weighted by molar-refractivity contribution is 7.99. The smallest absolute Gasteiger partial charge is 0.161 e. The van der Waals surface area contributed by atoms with Gasteiger partial charge in [0.1, 0.15) is 5.03 Å². The molecule has 1 saturated heterocycles. The van der Waals surface area contributed by atoms with E-state index in [1.54, 1.807) is 11.8 Å². The second-order valence-corrected chi connectivity index (χ2v) is 6.20. The van der Waals surface area contributed by atoms with Gasteiger partial charge >= 0.3 is 0 Å². The van der Waals surface area contributed by atoms with Crippen LogP contribution in [0.5, 0.6) is 0 Å². The molecule has 1 N–H and O–H groups in total. The number of para-hydroxylation sites is 2. The summed E-state index contributed by atoms with van der Waals surface area (Å²) < 4.78 is 0. The van der Waals surface area contributed by atoms with Crippen LogP contribution in [0, 0.1) is 5.92 Å². The second kappa shape index (κ2) is 6.07. The molecule has 1 aliphatic rings. The molecule has 0 amide bonds. The Morgan fingerprint density at radius 3 is 2.79 bits per heavy atom. The number of nitrogens with one attached hydrogen (secondary N) is 1. The Hall–Kier alpha value is -0.840. The zero-order valence-electron chi connectivity index (χ0n) is 10.6. The number of thioether (sulfide) groups is 1. The van der Waals surface area contributed by atoms with E-state index in [9.17, 15) is 0 Å². The highest BCUT2D eigenvalue weighted by Gasteiger charge is 2.15. The lowest BCUT2D eigenvalue weighted by atomic mass is 10.0. The van der Waals surface area contributed by atoms with Gasteiger partial charge in [0.2, 0.25) is 0 Å². The van der Waals surface area contributed by atoms with Crippen LogP contribution in [0.15, 0.2) is 29.3 Å². The van der Waals surface area contributed by atoms with Crippen molar-refractivity contribution in [2.24, 2.45) is 5.92 Å². The van der Waals surface area contributed by atoms with Crippen LogP contribution in [-0.4, -0.2) is 28.8 Å². The Labute approximate surface area is 122 Å². The Morgan fingerprint density at radius 1 is 1.26 bits per heavy atom. The fraction of sp³-hybridized carbons (Fsp3) is 0.429. The summed E-state index contributed by atoms with van der Waals surface area (Å²) in [6.07, 6.45) is 2.56. The first-order valence-electron chi connectivity index (χ1n) is 6.59. The summed E-state index contributed by atoms with van der Waals surface area (Å²) in [7, 11) is 0. The standard InChI is InChI=1S/C14H16ClN3S/c15-13-14(19-9-10-4-3-7-16-8-10)18-12-6-2-1-5-11(12)17-13/h1-2,5-6,10,16H,3-4,7-9H2. The minimum Gasteiger partial charge on any atom is -0.316 e. The van der Waals surface area contributed by atoms with Gasteiger partial charge in [0, 0.05) is 5.75 Å². The number of aromatic nitrogens is 2. The molecular formula is C14H16ClN3S. The first kappa shape index (κ1) is 13.2. The van der Waals surface area contributed by atoms with Crippen molar-refractivity contribution in [3.05, 3.63) is 29.4 Å². The Morgan fingerprint density at radius 2 is 2.05 bits per heavy atom. The molecule has 0 radical (unpaired) electrons. The van der Waals surface area contributed by atoms with Crippen LogP contribution in [0.3, 0.4) is 0 Å². The van der Waals surface area contributed by atoms with Crippen molar-refractivity contribution in [1.29, 1.82) is 0 Å². The molecule has 2 heterocycles. The van der Waals surface area contributed by atoms with Gasteiger partial charge in [-0.1, -0.05) is 23.7 Å². The predicted octanol–water partition coefficient (Wildman–Crippen LogP) is 3.37. The molecule has 0 bridgehead atoms. The minimum atomic E-state index is 0.521. The molecule has 1 fully saturated rings. The van der Waals surface area contributed by atoms with Crippen LogP contribution < -0.4 is 5.32 Å². The average Bonchev–Trinajstić information content (AvgIpc) is 2.46. The maximum absolute atomic E-state index is 6.21. The fourth-order valence-electron chi connectivity index (χ4n) is 2.32. The van der Waals surface area contributed by atoms with E-state index in [-0.39, 0.29) is 0 Å². The molecular weight excluding hydrogens is 278 g/mol. The van der Waals surface area contributed by atoms with Gasteiger partial charge in [0.25, 0.3) is 0 Å². The summed E-state index contributed by atoms with van der Waals surface area (Å²) in [6.45, 7) is 2.25. The Kier molecular flexibility index (Phi) is 4.21. The van der Waals surface area contributed by atoms with Crippen molar-refractivity contribution in [3.63, 3.8) is 0 Å². The molecule has 1 aromatic carbocycles. The van der Waals surface area contributed by atoms with Gasteiger partial charge in [-0.15, -0.1) is 11.8 Å². The van der Waals surface area contributed by atoms with Crippen molar-refractivity contribution < 1.29 is 0 Å². The quantitative estimate of drug-likeness (QED) is 0.881. The maximum atomic E-state index is 6.21. The third kappa shape index (κ3) is 3.19. The van der Waals surface area contributed by atoms with Gasteiger partial charge in [-0.2, -0.15) is 0 Å². The van der Waals surface area contributed by atoms with E-state index in [0.717, 1.165) is 34.9 Å². The third-order valence-corrected chi connectivity index (χ3v) is 4.93. The third-order valence-electron chi connectivity index (χ3n) is 3.35. The predicted molar refractivity (Wildman–Crippen MR) is 80.9 cm³/mol. The highest BCUT2D eigenvalue weighted by atomic mass is 35.5. The SMILES string of the molecule is Clc1nc2ccccc2nc1SCC1CCCNC1. The minimum absolute atomic E-state index is 0.521. The van der Waals surface area contributed by atoms with Crippen molar-refractivity contribution in [2.45, 2.75) is 17.9 Å². The molecule has 1 unspecified atom stereocenters. The summed E-state index contributed by atoms with van der Waals surface area (Å²) in [5.41, 5.74) is 1.77. The van der Waals surface area contributed by atoms with Crippen LogP contribution in [0.2, 0.25) is 5.15 Å². The molecule has 0 spiro atoms. The summed E-state index contributed by atoms with van der Waals surface area (Å²) in [4.78, 5) is 9.01. The van der Waals surface area contributed by atoms with Gasteiger partial charge in [-0.3, -0.25) is 0 Å². The van der Waals surface area contributed by atoms with E-state index in [1.807, 2.05) is 24.3 Å². The lowest BCUT2D eigenvalue weighted by Crippen LogP contribution is -2.30. The first-order chi connectivity index (χ1) is 9.33. The molecule has 2 aromatic rings. The number of benzene rings is 1. The molecule has 1 aliphatic heterocycles. The molecule has 5 heteroatoms. The number of nitrogens with zero attached hydrogens (tertiary/aromatic N) is 2. The Bertz CT molecular complexity index is 570. The van der Waals surface area contributed by atoms with Gasteiger partial charge in [-0.25, -0.2) is 9.97 Å². The summed E-state index contributed by atoms with van der Waals surface area (Å²) >= 11 is 7.93. The number of hydrogen-bond acceptors (Lipinski definition) is 4. The van der Waals surface area contributed by atoms with Gasteiger partial charge < -0.3 is 5.32 Å². The molecule has 3 rings (SSSR count). The number of hydrogen-bond donors (Lipinski definition) is 1.